The second-order valence-corrected chi connectivity index (χ2v) is 8.50. The molecule has 8 heteroatoms. The van der Waals surface area contributed by atoms with Crippen LogP contribution in [0.4, 0.5) is 14.5 Å². The molecule has 0 saturated carbocycles. The van der Waals surface area contributed by atoms with Gasteiger partial charge in [0.1, 0.15) is 17.3 Å². The van der Waals surface area contributed by atoms with Gasteiger partial charge in [0.05, 0.1) is 11.4 Å². The number of nitrogens with zero attached hydrogens (tertiary/aromatic N) is 2. The van der Waals surface area contributed by atoms with E-state index in [4.69, 9.17) is 0 Å². The molecule has 0 unspecified atom stereocenters. The first kappa shape index (κ1) is 19.1. The van der Waals surface area contributed by atoms with Crippen LogP contribution in [0.15, 0.2) is 67.0 Å². The van der Waals surface area contributed by atoms with Gasteiger partial charge in [0.25, 0.3) is 0 Å². The van der Waals surface area contributed by atoms with Crippen LogP contribution < -0.4 is 4.72 Å². The molecule has 4 rings (SSSR count). The van der Waals surface area contributed by atoms with Crippen LogP contribution in [0.2, 0.25) is 0 Å². The highest BCUT2D eigenvalue weighted by atomic mass is 32.2. The SMILES string of the molecule is Cc1ccn2cc(-c3cccc(NS(=O)(=O)Cc4cc(F)ccc4F)c3)nc2c1. The first-order valence-corrected chi connectivity index (χ1v) is 10.4. The molecule has 2 aromatic carbocycles. The molecule has 2 heterocycles. The molecule has 0 saturated heterocycles. The van der Waals surface area contributed by atoms with Crippen LogP contribution in [0.3, 0.4) is 0 Å². The molecule has 0 spiro atoms. The molecule has 2 aromatic heterocycles. The van der Waals surface area contributed by atoms with Crippen molar-refractivity contribution in [2.45, 2.75) is 12.7 Å². The summed E-state index contributed by atoms with van der Waals surface area (Å²) >= 11 is 0. The topological polar surface area (TPSA) is 63.5 Å². The van der Waals surface area contributed by atoms with Crippen molar-refractivity contribution < 1.29 is 17.2 Å². The molecule has 0 fully saturated rings. The van der Waals surface area contributed by atoms with Crippen molar-refractivity contribution >= 4 is 21.4 Å². The Hall–Kier alpha value is -3.26. The fourth-order valence-electron chi connectivity index (χ4n) is 3.04. The molecule has 0 bridgehead atoms. The third-order valence-corrected chi connectivity index (χ3v) is 5.64. The summed E-state index contributed by atoms with van der Waals surface area (Å²) in [5.74, 6) is -2.14. The number of rotatable bonds is 5. The van der Waals surface area contributed by atoms with Crippen molar-refractivity contribution in [2.75, 3.05) is 4.72 Å². The lowest BCUT2D eigenvalue weighted by Crippen LogP contribution is -2.16. The first-order chi connectivity index (χ1) is 13.8. The van der Waals surface area contributed by atoms with Crippen LogP contribution in [0.1, 0.15) is 11.1 Å². The van der Waals surface area contributed by atoms with E-state index in [2.05, 4.69) is 9.71 Å². The van der Waals surface area contributed by atoms with Crippen molar-refractivity contribution in [3.8, 4) is 11.3 Å². The van der Waals surface area contributed by atoms with Gasteiger partial charge in [0.2, 0.25) is 10.0 Å². The average molecular weight is 413 g/mol. The Kier molecular flexibility index (Phi) is 4.79. The zero-order valence-electron chi connectivity index (χ0n) is 15.4. The fourth-order valence-corrected chi connectivity index (χ4v) is 4.23. The molecule has 1 N–H and O–H groups in total. The maximum absolute atomic E-state index is 13.8. The highest BCUT2D eigenvalue weighted by Gasteiger charge is 2.16. The smallest absolute Gasteiger partial charge is 0.237 e. The molecule has 0 aliphatic rings. The zero-order chi connectivity index (χ0) is 20.6. The number of aromatic nitrogens is 2. The van der Waals surface area contributed by atoms with Crippen molar-refractivity contribution in [1.82, 2.24) is 9.38 Å². The Bertz CT molecular complexity index is 1320. The summed E-state index contributed by atoms with van der Waals surface area (Å²) in [5.41, 5.74) is 3.36. The highest BCUT2D eigenvalue weighted by Crippen LogP contribution is 2.24. The van der Waals surface area contributed by atoms with Crippen molar-refractivity contribution in [2.24, 2.45) is 0 Å². The Labute approximate surface area is 166 Å². The van der Waals surface area contributed by atoms with Gasteiger partial charge in [-0.3, -0.25) is 4.72 Å². The maximum atomic E-state index is 13.8. The maximum Gasteiger partial charge on any atom is 0.237 e. The van der Waals surface area contributed by atoms with Crippen LogP contribution in [0.25, 0.3) is 16.9 Å². The van der Waals surface area contributed by atoms with E-state index < -0.39 is 27.4 Å². The summed E-state index contributed by atoms with van der Waals surface area (Å²) in [4.78, 5) is 4.56. The second-order valence-electron chi connectivity index (χ2n) is 6.77. The number of fused-ring (bicyclic) bond motifs is 1. The van der Waals surface area contributed by atoms with Gasteiger partial charge in [0, 0.05) is 29.2 Å². The second kappa shape index (κ2) is 7.29. The van der Waals surface area contributed by atoms with Crippen LogP contribution in [-0.2, 0) is 15.8 Å². The van der Waals surface area contributed by atoms with Crippen molar-refractivity contribution in [1.29, 1.82) is 0 Å². The zero-order valence-corrected chi connectivity index (χ0v) is 16.2. The molecule has 4 aromatic rings. The Balaban J connectivity index is 1.60. The lowest BCUT2D eigenvalue weighted by atomic mass is 10.1. The largest absolute Gasteiger partial charge is 0.306 e. The third kappa shape index (κ3) is 4.27. The molecule has 148 valence electrons. The minimum absolute atomic E-state index is 0.232. The van der Waals surface area contributed by atoms with E-state index in [-0.39, 0.29) is 5.56 Å². The number of hydrogen-bond donors (Lipinski definition) is 1. The number of sulfonamides is 1. The van der Waals surface area contributed by atoms with Gasteiger partial charge in [-0.25, -0.2) is 22.2 Å². The molecule has 0 amide bonds. The molecule has 0 radical (unpaired) electrons. The Morgan fingerprint density at radius 2 is 1.90 bits per heavy atom. The summed E-state index contributed by atoms with van der Waals surface area (Å²) in [6, 6.07) is 13.4. The minimum atomic E-state index is -3.94. The number of nitrogens with one attached hydrogen (secondary N) is 1. The molecule has 0 aliphatic heterocycles. The van der Waals surface area contributed by atoms with E-state index in [0.29, 0.717) is 11.4 Å². The lowest BCUT2D eigenvalue weighted by molar-refractivity contribution is 0.581. The van der Waals surface area contributed by atoms with Crippen molar-refractivity contribution in [3.05, 3.63) is 89.8 Å². The number of pyridine rings is 1. The molecular formula is C21H17F2N3O2S. The Morgan fingerprint density at radius 1 is 1.07 bits per heavy atom. The normalized spacial score (nSPS) is 11.7. The van der Waals surface area contributed by atoms with Gasteiger partial charge < -0.3 is 4.40 Å². The van der Waals surface area contributed by atoms with Gasteiger partial charge in [-0.2, -0.15) is 0 Å². The summed E-state index contributed by atoms with van der Waals surface area (Å²) in [6.07, 6.45) is 3.76. The lowest BCUT2D eigenvalue weighted by Gasteiger charge is -2.10. The number of imidazole rings is 1. The van der Waals surface area contributed by atoms with Gasteiger partial charge in [-0.05, 0) is 55.0 Å². The summed E-state index contributed by atoms with van der Waals surface area (Å²) in [6.45, 7) is 1.98. The first-order valence-electron chi connectivity index (χ1n) is 8.79. The molecular weight excluding hydrogens is 396 g/mol. The predicted molar refractivity (Wildman–Crippen MR) is 108 cm³/mol. The highest BCUT2D eigenvalue weighted by molar-refractivity contribution is 7.91. The number of halogens is 2. The van der Waals surface area contributed by atoms with E-state index in [9.17, 15) is 17.2 Å². The minimum Gasteiger partial charge on any atom is -0.306 e. The number of benzene rings is 2. The van der Waals surface area contributed by atoms with Gasteiger partial charge >= 0.3 is 0 Å². The molecule has 0 aliphatic carbocycles. The quantitative estimate of drug-likeness (QED) is 0.523. The van der Waals surface area contributed by atoms with Crippen LogP contribution in [0, 0.1) is 18.6 Å². The standard InChI is InChI=1S/C21H17F2N3O2S/c1-14-7-8-26-12-20(24-21(26)9-14)15-3-2-4-18(11-15)25-29(27,28)13-16-10-17(22)5-6-19(16)23/h2-12,25H,13H2,1H3. The molecule has 0 atom stereocenters. The summed E-state index contributed by atoms with van der Waals surface area (Å²) in [5, 5.41) is 0. The monoisotopic (exact) mass is 413 g/mol. The summed E-state index contributed by atoms with van der Waals surface area (Å²) in [7, 11) is -3.94. The van der Waals surface area contributed by atoms with E-state index in [1.807, 2.05) is 41.9 Å². The van der Waals surface area contributed by atoms with E-state index in [1.54, 1.807) is 18.2 Å². The third-order valence-electron chi connectivity index (χ3n) is 4.40. The van der Waals surface area contributed by atoms with E-state index in [1.165, 1.54) is 0 Å². The average Bonchev–Trinajstić information content (AvgIpc) is 3.07. The predicted octanol–water partition coefficient (Wildman–Crippen LogP) is 4.53. The van der Waals surface area contributed by atoms with E-state index >= 15 is 0 Å². The molecule has 5 nitrogen and oxygen atoms in total. The van der Waals surface area contributed by atoms with Crippen LogP contribution in [-0.4, -0.2) is 17.8 Å². The van der Waals surface area contributed by atoms with Crippen molar-refractivity contribution in [3.63, 3.8) is 0 Å². The number of anilines is 1. The van der Waals surface area contributed by atoms with E-state index in [0.717, 1.165) is 35.0 Å². The van der Waals surface area contributed by atoms with Crippen LogP contribution in [0.5, 0.6) is 0 Å². The number of hydrogen-bond acceptors (Lipinski definition) is 3. The van der Waals surface area contributed by atoms with Gasteiger partial charge in [0.15, 0.2) is 0 Å². The molecule has 29 heavy (non-hydrogen) atoms. The number of aryl methyl sites for hydroxylation is 1. The Morgan fingerprint density at radius 3 is 2.72 bits per heavy atom. The summed E-state index contributed by atoms with van der Waals surface area (Å²) < 4.78 is 56.3. The van der Waals surface area contributed by atoms with Gasteiger partial charge in [-0.15, -0.1) is 0 Å². The fraction of sp³-hybridized carbons (Fsp3) is 0.0952. The van der Waals surface area contributed by atoms with Gasteiger partial charge in [-0.1, -0.05) is 12.1 Å². The van der Waals surface area contributed by atoms with Crippen LogP contribution >= 0.6 is 0 Å².